The maximum absolute atomic E-state index is 12.7. The summed E-state index contributed by atoms with van der Waals surface area (Å²) < 4.78 is 114. The molecule has 0 amide bonds. The van der Waals surface area contributed by atoms with Crippen molar-refractivity contribution in [1.82, 2.24) is 0 Å². The van der Waals surface area contributed by atoms with E-state index in [1.807, 2.05) is 0 Å². The van der Waals surface area contributed by atoms with Gasteiger partial charge >= 0.3 is 0 Å². The Morgan fingerprint density at radius 2 is 0.924 bits per heavy atom. The Bertz CT molecular complexity index is 3700. The lowest BCUT2D eigenvalue weighted by atomic mass is 10.1. The zero-order valence-electron chi connectivity index (χ0n) is 34.2. The Hall–Kier alpha value is -7.73. The highest BCUT2D eigenvalue weighted by Crippen LogP contribution is 2.44. The molecule has 0 aliphatic carbocycles. The molecule has 0 saturated carbocycles. The summed E-state index contributed by atoms with van der Waals surface area (Å²) in [5.41, 5.74) is 1.28. The van der Waals surface area contributed by atoms with Crippen LogP contribution < -0.4 is 14.8 Å². The van der Waals surface area contributed by atoms with Gasteiger partial charge in [-0.25, -0.2) is 0 Å². The molecule has 0 heterocycles. The lowest BCUT2D eigenvalue weighted by Crippen LogP contribution is -1.99. The zero-order valence-corrected chi connectivity index (χ0v) is 36.6. The van der Waals surface area contributed by atoms with Crippen molar-refractivity contribution in [3.8, 4) is 17.2 Å². The average Bonchev–Trinajstić information content (AvgIpc) is 3.29. The van der Waals surface area contributed by atoms with Crippen molar-refractivity contribution >= 4 is 108 Å². The number of phenolic OH excluding ortho intramolecular Hbond substituents is 1. The Morgan fingerprint density at radius 1 is 0.439 bits per heavy atom. The number of fused-ring (bicyclic) bond motifs is 3. The maximum atomic E-state index is 12.7. The lowest BCUT2D eigenvalue weighted by Gasteiger charge is -2.12. The van der Waals surface area contributed by atoms with Gasteiger partial charge < -0.3 is 19.9 Å². The normalized spacial score (nSPS) is 12.6. The highest BCUT2D eigenvalue weighted by molar-refractivity contribution is 7.86. The van der Waals surface area contributed by atoms with Gasteiger partial charge in [0.2, 0.25) is 0 Å². The van der Waals surface area contributed by atoms with Crippen LogP contribution in [-0.4, -0.2) is 58.2 Å². The molecule has 8 rings (SSSR count). The van der Waals surface area contributed by atoms with Crippen molar-refractivity contribution in [3.63, 3.8) is 0 Å². The summed E-state index contributed by atoms with van der Waals surface area (Å²) in [7, 11) is -11.6. The van der Waals surface area contributed by atoms with Gasteiger partial charge in [-0.15, -0.1) is 30.7 Å². The zero-order chi connectivity index (χ0) is 47.0. The van der Waals surface area contributed by atoms with Gasteiger partial charge in [-0.05, 0) is 102 Å². The van der Waals surface area contributed by atoms with Crippen LogP contribution in [0.3, 0.4) is 0 Å². The summed E-state index contributed by atoms with van der Waals surface area (Å²) in [6.07, 6.45) is 0. The fraction of sp³-hybridized carbons (Fsp3) is 0.0455. The van der Waals surface area contributed by atoms with Crippen LogP contribution in [0.5, 0.6) is 17.2 Å². The SMILES string of the molecule is COc1ccc(Nc2ccc3c(O)c(N=Nc4ccc(N=Nc5ccc(N=Nc6ccc(OC)cc6S(=O)(=O)O)c6ccccc56)c5ccc(S(=O)(=O)O)cc45)c(S(=O)(=O)O)cc3c2)cc1. The fourth-order valence-electron chi connectivity index (χ4n) is 6.87. The highest BCUT2D eigenvalue weighted by atomic mass is 32.2. The van der Waals surface area contributed by atoms with Gasteiger partial charge in [0.15, 0.2) is 5.75 Å². The third-order valence-electron chi connectivity index (χ3n) is 10.1. The van der Waals surface area contributed by atoms with Crippen LogP contribution in [0.15, 0.2) is 179 Å². The predicted molar refractivity (Wildman–Crippen MR) is 245 cm³/mol. The lowest BCUT2D eigenvalue weighted by molar-refractivity contribution is 0.412. The van der Waals surface area contributed by atoms with Crippen LogP contribution in [-0.2, 0) is 30.4 Å². The van der Waals surface area contributed by atoms with Crippen molar-refractivity contribution in [2.75, 3.05) is 19.5 Å². The predicted octanol–water partition coefficient (Wildman–Crippen LogP) is 11.6. The smallest absolute Gasteiger partial charge is 0.296 e. The topological polar surface area (TPSA) is 288 Å². The molecule has 0 atom stereocenters. The Labute approximate surface area is 375 Å². The minimum atomic E-state index is -5.02. The molecule has 334 valence electrons. The summed E-state index contributed by atoms with van der Waals surface area (Å²) >= 11 is 0. The number of ether oxygens (including phenoxy) is 2. The quantitative estimate of drug-likeness (QED) is 0.0531. The molecule has 0 saturated heterocycles. The first-order valence-corrected chi connectivity index (χ1v) is 23.4. The standard InChI is InChI=1S/C44H33N7O12S3/c1-62-28-10-7-26(8-11-28)45-27-9-14-31-25(21-27)22-42(66(59,60)61)43(44(31)52)51-49-39-20-19-38(34-15-13-30(24-35(34)39)64(53,54)55)47-46-36-17-18-37(33-6-4-3-5-32(33)36)48-50-40-16-12-29(63-2)23-41(40)65(56,57)58/h3-24,45,52H,1-2H3,(H,53,54,55)(H,56,57,58)(H,59,60,61). The number of hydrogen-bond donors (Lipinski definition) is 5. The minimum absolute atomic E-state index is 0.0524. The maximum Gasteiger partial charge on any atom is 0.296 e. The van der Waals surface area contributed by atoms with Crippen LogP contribution >= 0.6 is 0 Å². The van der Waals surface area contributed by atoms with E-state index in [4.69, 9.17) is 9.47 Å². The molecule has 0 aromatic heterocycles. The third kappa shape index (κ3) is 9.39. The number of rotatable bonds is 13. The van der Waals surface area contributed by atoms with Gasteiger partial charge in [-0.1, -0.05) is 30.3 Å². The van der Waals surface area contributed by atoms with E-state index in [0.29, 0.717) is 39.3 Å². The largest absolute Gasteiger partial charge is 0.505 e. The molecule has 0 radical (unpaired) electrons. The number of hydrogen-bond acceptors (Lipinski definition) is 16. The van der Waals surface area contributed by atoms with Gasteiger partial charge in [-0.2, -0.15) is 25.3 Å². The molecule has 0 unspecified atom stereocenters. The molecular weight excluding hydrogens is 915 g/mol. The molecule has 0 bridgehead atoms. The van der Waals surface area contributed by atoms with Crippen molar-refractivity contribution in [2.24, 2.45) is 30.7 Å². The number of anilines is 2. The first kappa shape index (κ1) is 44.9. The molecule has 0 aliphatic rings. The van der Waals surface area contributed by atoms with E-state index in [2.05, 4.69) is 36.0 Å². The number of benzene rings is 8. The van der Waals surface area contributed by atoms with Crippen LogP contribution in [0, 0.1) is 0 Å². The highest BCUT2D eigenvalue weighted by Gasteiger charge is 2.23. The van der Waals surface area contributed by atoms with Crippen molar-refractivity contribution < 1.29 is 53.5 Å². The molecule has 8 aromatic rings. The molecule has 19 nitrogen and oxygen atoms in total. The average molecular weight is 948 g/mol. The van der Waals surface area contributed by atoms with E-state index in [9.17, 15) is 44.0 Å². The first-order chi connectivity index (χ1) is 31.4. The molecule has 8 aromatic carbocycles. The molecule has 0 fully saturated rings. The van der Waals surface area contributed by atoms with Gasteiger partial charge in [0.1, 0.15) is 32.7 Å². The summed E-state index contributed by atoms with van der Waals surface area (Å²) in [4.78, 5) is -1.79. The van der Waals surface area contributed by atoms with Crippen LogP contribution in [0.25, 0.3) is 32.3 Å². The number of nitrogens with zero attached hydrogens (tertiary/aromatic N) is 6. The van der Waals surface area contributed by atoms with E-state index in [0.717, 1.165) is 24.3 Å². The van der Waals surface area contributed by atoms with Gasteiger partial charge in [0, 0.05) is 44.4 Å². The Kier molecular flexibility index (Phi) is 12.0. The molecule has 66 heavy (non-hydrogen) atoms. The number of azo groups is 3. The van der Waals surface area contributed by atoms with Crippen molar-refractivity contribution in [1.29, 1.82) is 0 Å². The Balaban J connectivity index is 1.16. The molecule has 0 spiro atoms. The van der Waals surface area contributed by atoms with E-state index >= 15 is 0 Å². The van der Waals surface area contributed by atoms with E-state index in [-0.39, 0.29) is 44.4 Å². The van der Waals surface area contributed by atoms with Crippen molar-refractivity contribution in [2.45, 2.75) is 14.7 Å². The van der Waals surface area contributed by atoms with Crippen molar-refractivity contribution in [3.05, 3.63) is 133 Å². The molecule has 22 heteroatoms. The van der Waals surface area contributed by atoms with Crippen LogP contribution in [0.1, 0.15) is 0 Å². The molecular formula is C44H33N7O12S3. The van der Waals surface area contributed by atoms with E-state index in [1.165, 1.54) is 50.6 Å². The second-order valence-corrected chi connectivity index (χ2v) is 18.4. The van der Waals surface area contributed by atoms with E-state index in [1.54, 1.807) is 72.8 Å². The number of methoxy groups -OCH3 is 2. The fourth-order valence-corrected chi connectivity index (χ4v) is 8.67. The second kappa shape index (κ2) is 17.7. The number of aromatic hydroxyl groups is 1. The van der Waals surface area contributed by atoms with E-state index < -0.39 is 56.5 Å². The van der Waals surface area contributed by atoms with Crippen LogP contribution in [0.4, 0.5) is 45.5 Å². The number of nitrogens with one attached hydrogen (secondary N) is 1. The summed E-state index contributed by atoms with van der Waals surface area (Å²) in [5.74, 6) is 0.191. The Morgan fingerprint density at radius 3 is 1.48 bits per heavy atom. The molecule has 0 aliphatic heterocycles. The second-order valence-electron chi connectivity index (χ2n) is 14.2. The van der Waals surface area contributed by atoms with Gasteiger partial charge in [-0.3, -0.25) is 13.7 Å². The van der Waals surface area contributed by atoms with Gasteiger partial charge in [0.25, 0.3) is 30.4 Å². The molecule has 5 N–H and O–H groups in total. The third-order valence-corrected chi connectivity index (χ3v) is 12.7. The monoisotopic (exact) mass is 947 g/mol. The van der Waals surface area contributed by atoms with Gasteiger partial charge in [0.05, 0.1) is 41.9 Å². The minimum Gasteiger partial charge on any atom is -0.505 e. The van der Waals surface area contributed by atoms with Crippen LogP contribution in [0.2, 0.25) is 0 Å². The number of phenols is 1. The first-order valence-electron chi connectivity index (χ1n) is 19.1. The summed E-state index contributed by atoms with van der Waals surface area (Å²) in [6, 6.07) is 33.3. The summed E-state index contributed by atoms with van der Waals surface area (Å²) in [5, 5.41) is 41.8. The summed E-state index contributed by atoms with van der Waals surface area (Å²) in [6.45, 7) is 0.